The van der Waals surface area contributed by atoms with Crippen LogP contribution in [0, 0.1) is 6.92 Å². The molecule has 1 aromatic heterocycles. The van der Waals surface area contributed by atoms with Crippen LogP contribution in [0.25, 0.3) is 0 Å². The molecule has 1 atom stereocenters. The molecule has 1 aromatic rings. The van der Waals surface area contributed by atoms with E-state index in [4.69, 9.17) is 5.11 Å². The van der Waals surface area contributed by atoms with E-state index in [1.807, 2.05) is 0 Å². The van der Waals surface area contributed by atoms with Crippen molar-refractivity contribution in [2.75, 3.05) is 6.61 Å². The largest absolute Gasteiger partial charge is 0.396 e. The quantitative estimate of drug-likeness (QED) is 0.870. The van der Waals surface area contributed by atoms with E-state index in [9.17, 15) is 0 Å². The van der Waals surface area contributed by atoms with E-state index in [0.29, 0.717) is 6.04 Å². The number of nitrogens with one attached hydrogen (secondary N) is 1. The molecular formula is C10H16BrN3O. The molecule has 5 heteroatoms. The molecule has 0 saturated heterocycles. The first-order valence-corrected chi connectivity index (χ1v) is 6.07. The second-order valence-corrected chi connectivity index (χ2v) is 4.74. The van der Waals surface area contributed by atoms with Gasteiger partial charge in [0.15, 0.2) is 0 Å². The van der Waals surface area contributed by atoms with E-state index in [-0.39, 0.29) is 6.61 Å². The molecular weight excluding hydrogens is 258 g/mol. The highest BCUT2D eigenvalue weighted by Gasteiger charge is 2.21. The summed E-state index contributed by atoms with van der Waals surface area (Å²) in [6.45, 7) is 4.13. The van der Waals surface area contributed by atoms with Crippen LogP contribution >= 0.6 is 15.9 Å². The number of hydrogen-bond donors (Lipinski definition) is 2. The summed E-state index contributed by atoms with van der Waals surface area (Å²) in [5.74, 6) is 0. The van der Waals surface area contributed by atoms with Gasteiger partial charge >= 0.3 is 0 Å². The first-order chi connectivity index (χ1) is 7.22. The lowest BCUT2D eigenvalue weighted by molar-refractivity contribution is 0.261. The number of aliphatic hydroxyl groups is 1. The third kappa shape index (κ3) is 2.24. The predicted octanol–water partition coefficient (Wildman–Crippen LogP) is 1.20. The van der Waals surface area contributed by atoms with Crippen LogP contribution in [-0.2, 0) is 13.1 Å². The van der Waals surface area contributed by atoms with Crippen molar-refractivity contribution < 1.29 is 5.11 Å². The Hall–Kier alpha value is -0.390. The average molecular weight is 274 g/mol. The van der Waals surface area contributed by atoms with Gasteiger partial charge in [0.1, 0.15) is 4.60 Å². The first kappa shape index (κ1) is 11.1. The average Bonchev–Trinajstić information content (AvgIpc) is 2.52. The summed E-state index contributed by atoms with van der Waals surface area (Å²) < 4.78 is 3.01. The second kappa shape index (κ2) is 4.63. The van der Waals surface area contributed by atoms with Crippen molar-refractivity contribution in [1.29, 1.82) is 0 Å². The Bertz CT molecular complexity index is 351. The smallest absolute Gasteiger partial charge is 0.131 e. The van der Waals surface area contributed by atoms with Crippen molar-refractivity contribution in [2.45, 2.75) is 38.9 Å². The van der Waals surface area contributed by atoms with Crippen molar-refractivity contribution >= 4 is 15.9 Å². The predicted molar refractivity (Wildman–Crippen MR) is 61.6 cm³/mol. The maximum Gasteiger partial charge on any atom is 0.131 e. The fourth-order valence-electron chi connectivity index (χ4n) is 1.97. The molecule has 2 rings (SSSR count). The van der Waals surface area contributed by atoms with E-state index in [2.05, 4.69) is 38.0 Å². The topological polar surface area (TPSA) is 50.1 Å². The molecule has 2 heterocycles. The minimum atomic E-state index is 0.271. The fraction of sp³-hybridized carbons (Fsp3) is 0.700. The first-order valence-electron chi connectivity index (χ1n) is 5.28. The summed E-state index contributed by atoms with van der Waals surface area (Å²) in [6.07, 6.45) is 1.86. The van der Waals surface area contributed by atoms with Crippen LogP contribution in [0.4, 0.5) is 0 Å². The molecule has 0 aromatic carbocycles. The van der Waals surface area contributed by atoms with Gasteiger partial charge in [0.05, 0.1) is 12.2 Å². The molecule has 0 amide bonds. The van der Waals surface area contributed by atoms with Crippen LogP contribution in [-0.4, -0.2) is 27.5 Å². The van der Waals surface area contributed by atoms with Gasteiger partial charge in [-0.2, -0.15) is 5.10 Å². The summed E-state index contributed by atoms with van der Waals surface area (Å²) in [5.41, 5.74) is 2.49. The Kier molecular flexibility index (Phi) is 3.43. The minimum Gasteiger partial charge on any atom is -0.396 e. The third-order valence-corrected chi connectivity index (χ3v) is 3.68. The highest BCUT2D eigenvalue weighted by Crippen LogP contribution is 2.22. The van der Waals surface area contributed by atoms with Crippen molar-refractivity contribution in [3.05, 3.63) is 15.9 Å². The second-order valence-electron chi connectivity index (χ2n) is 3.99. The molecule has 0 aliphatic carbocycles. The van der Waals surface area contributed by atoms with E-state index in [1.54, 1.807) is 0 Å². The van der Waals surface area contributed by atoms with Gasteiger partial charge in [-0.1, -0.05) is 0 Å². The highest BCUT2D eigenvalue weighted by molar-refractivity contribution is 9.10. The molecule has 0 spiro atoms. The van der Waals surface area contributed by atoms with Gasteiger partial charge in [-0.15, -0.1) is 0 Å². The van der Waals surface area contributed by atoms with E-state index >= 15 is 0 Å². The van der Waals surface area contributed by atoms with Crippen LogP contribution in [0.15, 0.2) is 4.60 Å². The maximum atomic E-state index is 8.78. The summed E-state index contributed by atoms with van der Waals surface area (Å²) in [5, 5.41) is 16.7. The molecule has 15 heavy (non-hydrogen) atoms. The van der Waals surface area contributed by atoms with Gasteiger partial charge < -0.3 is 10.4 Å². The third-order valence-electron chi connectivity index (χ3n) is 2.92. The molecule has 0 fully saturated rings. The number of aromatic nitrogens is 2. The van der Waals surface area contributed by atoms with Crippen LogP contribution in [0.2, 0.25) is 0 Å². The molecule has 84 valence electrons. The number of halogens is 1. The zero-order valence-corrected chi connectivity index (χ0v) is 10.4. The number of rotatable bonds is 3. The Morgan fingerprint density at radius 2 is 2.47 bits per heavy atom. The Labute approximate surface area is 97.8 Å². The minimum absolute atomic E-state index is 0.271. The Morgan fingerprint density at radius 1 is 1.67 bits per heavy atom. The molecule has 2 N–H and O–H groups in total. The molecule has 4 nitrogen and oxygen atoms in total. The van der Waals surface area contributed by atoms with Crippen molar-refractivity contribution in [2.24, 2.45) is 0 Å². The van der Waals surface area contributed by atoms with Gasteiger partial charge in [0, 0.05) is 24.8 Å². The summed E-state index contributed by atoms with van der Waals surface area (Å²) in [4.78, 5) is 0. The van der Waals surface area contributed by atoms with Gasteiger partial charge in [-0.3, -0.25) is 4.68 Å². The van der Waals surface area contributed by atoms with Crippen LogP contribution in [0.5, 0.6) is 0 Å². The molecule has 0 bridgehead atoms. The van der Waals surface area contributed by atoms with Crippen LogP contribution in [0.3, 0.4) is 0 Å². The fourth-order valence-corrected chi connectivity index (χ4v) is 2.39. The normalized spacial score (nSPS) is 20.3. The van der Waals surface area contributed by atoms with E-state index in [1.165, 1.54) is 11.3 Å². The number of nitrogens with zero attached hydrogens (tertiary/aromatic N) is 2. The zero-order chi connectivity index (χ0) is 10.8. The standard InChI is InChI=1S/C10H16BrN3O/c1-7-9-5-12-8(3-2-4-15)6-14(9)13-10(7)11/h8,12,15H,2-6H2,1H3/t8-/m0/s1. The molecule has 1 aliphatic heterocycles. The number of aliphatic hydroxyl groups excluding tert-OH is 1. The lowest BCUT2D eigenvalue weighted by Crippen LogP contribution is -2.39. The summed E-state index contributed by atoms with van der Waals surface area (Å²) in [7, 11) is 0. The van der Waals surface area contributed by atoms with Gasteiger partial charge in [0.25, 0.3) is 0 Å². The molecule has 0 unspecified atom stereocenters. The summed E-state index contributed by atoms with van der Waals surface area (Å²) >= 11 is 3.45. The van der Waals surface area contributed by atoms with Gasteiger partial charge in [-0.05, 0) is 35.7 Å². The lowest BCUT2D eigenvalue weighted by Gasteiger charge is -2.25. The van der Waals surface area contributed by atoms with E-state index in [0.717, 1.165) is 30.5 Å². The van der Waals surface area contributed by atoms with Crippen molar-refractivity contribution in [1.82, 2.24) is 15.1 Å². The van der Waals surface area contributed by atoms with E-state index < -0.39 is 0 Å². The number of hydrogen-bond acceptors (Lipinski definition) is 3. The van der Waals surface area contributed by atoms with Gasteiger partial charge in [0.2, 0.25) is 0 Å². The Balaban J connectivity index is 2.07. The summed E-state index contributed by atoms with van der Waals surface area (Å²) in [6, 6.07) is 0.441. The molecule has 0 radical (unpaired) electrons. The van der Waals surface area contributed by atoms with Crippen LogP contribution in [0.1, 0.15) is 24.1 Å². The Morgan fingerprint density at radius 3 is 3.20 bits per heavy atom. The molecule has 1 aliphatic rings. The number of fused-ring (bicyclic) bond motifs is 1. The lowest BCUT2D eigenvalue weighted by atomic mass is 10.1. The van der Waals surface area contributed by atoms with Crippen LogP contribution < -0.4 is 5.32 Å². The van der Waals surface area contributed by atoms with Crippen molar-refractivity contribution in [3.63, 3.8) is 0 Å². The maximum absolute atomic E-state index is 8.78. The van der Waals surface area contributed by atoms with Crippen molar-refractivity contribution in [3.8, 4) is 0 Å². The zero-order valence-electron chi connectivity index (χ0n) is 8.83. The highest BCUT2D eigenvalue weighted by atomic mass is 79.9. The van der Waals surface area contributed by atoms with Gasteiger partial charge in [-0.25, -0.2) is 0 Å². The monoisotopic (exact) mass is 273 g/mol. The SMILES string of the molecule is Cc1c(Br)nn2c1CN[C@@H](CCCO)C2. The molecule has 0 saturated carbocycles.